The summed E-state index contributed by atoms with van der Waals surface area (Å²) in [6, 6.07) is 3.22. The second kappa shape index (κ2) is 8.30. The standard InChI is InChI=1S/C16H15F13NO3S/c1-30(2,3)8-9-4-6-10(7-5-9)33-34(31,32)16(28,29)14(23,24)12(19,20)11(17,18)13(21,22)15(25,26)27/h4-7H,8H2,1-3H3/q+1. The van der Waals surface area contributed by atoms with Crippen molar-refractivity contribution in [3.8, 4) is 5.75 Å². The minimum Gasteiger partial charge on any atom is -0.378 e. The molecule has 0 N–H and O–H groups in total. The van der Waals surface area contributed by atoms with Crippen LogP contribution in [-0.4, -0.2) is 69.2 Å². The van der Waals surface area contributed by atoms with E-state index in [4.69, 9.17) is 0 Å². The summed E-state index contributed by atoms with van der Waals surface area (Å²) in [5.41, 5.74) is 0.398. The Morgan fingerprint density at radius 1 is 0.676 bits per heavy atom. The lowest BCUT2D eigenvalue weighted by Crippen LogP contribution is -2.71. The number of hydrogen-bond acceptors (Lipinski definition) is 3. The molecule has 0 bridgehead atoms. The third-order valence-corrected chi connectivity index (χ3v) is 5.30. The Bertz CT molecular complexity index is 981. The van der Waals surface area contributed by atoms with Gasteiger partial charge in [-0.1, -0.05) is 0 Å². The average Bonchev–Trinajstić information content (AvgIpc) is 2.60. The van der Waals surface area contributed by atoms with Crippen LogP contribution in [0, 0.1) is 0 Å². The molecule has 4 nitrogen and oxygen atoms in total. The number of halogens is 13. The van der Waals surface area contributed by atoms with Crippen LogP contribution in [0.5, 0.6) is 5.75 Å². The molecule has 1 aromatic carbocycles. The monoisotopic (exact) mass is 548 g/mol. The van der Waals surface area contributed by atoms with Crippen molar-refractivity contribution in [3.05, 3.63) is 29.8 Å². The lowest BCUT2D eigenvalue weighted by atomic mass is 9.98. The predicted octanol–water partition coefficient (Wildman–Crippen LogP) is 5.30. The Labute approximate surface area is 183 Å². The van der Waals surface area contributed by atoms with Gasteiger partial charge >= 0.3 is 45.2 Å². The van der Waals surface area contributed by atoms with Gasteiger partial charge in [0, 0.05) is 5.56 Å². The van der Waals surface area contributed by atoms with Gasteiger partial charge in [-0.3, -0.25) is 0 Å². The summed E-state index contributed by atoms with van der Waals surface area (Å²) < 4.78 is 197. The molecule has 0 atom stereocenters. The van der Waals surface area contributed by atoms with Crippen LogP contribution in [0.15, 0.2) is 24.3 Å². The molecule has 0 amide bonds. The first-order chi connectivity index (χ1) is 14.7. The molecule has 1 aromatic rings. The Morgan fingerprint density at radius 3 is 1.41 bits per heavy atom. The van der Waals surface area contributed by atoms with Crippen molar-refractivity contribution in [3.63, 3.8) is 0 Å². The van der Waals surface area contributed by atoms with E-state index in [1.165, 1.54) is 0 Å². The molecular formula is C16H15F13NO3S+. The maximum atomic E-state index is 13.9. The van der Waals surface area contributed by atoms with Crippen molar-refractivity contribution in [1.29, 1.82) is 0 Å². The second-order valence-electron chi connectivity index (χ2n) is 7.94. The molecule has 0 saturated heterocycles. The van der Waals surface area contributed by atoms with E-state index < -0.39 is 51.0 Å². The van der Waals surface area contributed by atoms with E-state index in [1.807, 2.05) is 0 Å². The van der Waals surface area contributed by atoms with Crippen LogP contribution in [-0.2, 0) is 16.7 Å². The van der Waals surface area contributed by atoms with Crippen molar-refractivity contribution in [2.24, 2.45) is 0 Å². The van der Waals surface area contributed by atoms with E-state index in [1.54, 1.807) is 21.1 Å². The highest BCUT2D eigenvalue weighted by atomic mass is 32.2. The maximum absolute atomic E-state index is 13.9. The fourth-order valence-electron chi connectivity index (χ4n) is 2.29. The van der Waals surface area contributed by atoms with E-state index in [-0.39, 0.29) is 11.0 Å². The SMILES string of the molecule is C[N+](C)(C)Cc1ccc(OS(=O)(=O)C(F)(F)C(F)(F)C(F)(F)C(F)(F)C(F)(F)C(F)(F)F)cc1. The van der Waals surface area contributed by atoms with Gasteiger partial charge in [0.15, 0.2) is 0 Å². The average molecular weight is 548 g/mol. The van der Waals surface area contributed by atoms with Crippen LogP contribution in [0.3, 0.4) is 0 Å². The van der Waals surface area contributed by atoms with Crippen LogP contribution in [0.2, 0.25) is 0 Å². The lowest BCUT2D eigenvalue weighted by molar-refractivity contribution is -0.884. The van der Waals surface area contributed by atoms with Crippen molar-refractivity contribution in [1.82, 2.24) is 0 Å². The summed E-state index contributed by atoms with van der Waals surface area (Å²) in [5, 5.41) is -7.41. The zero-order chi connectivity index (χ0) is 27.4. The molecule has 0 aliphatic rings. The molecule has 0 heterocycles. The van der Waals surface area contributed by atoms with Gasteiger partial charge in [-0.25, -0.2) is 0 Å². The molecular weight excluding hydrogens is 533 g/mol. The molecule has 34 heavy (non-hydrogen) atoms. The molecule has 0 aromatic heterocycles. The van der Waals surface area contributed by atoms with Crippen LogP contribution < -0.4 is 4.18 Å². The smallest absolute Gasteiger partial charge is 0.378 e. The molecule has 0 aliphatic heterocycles. The molecule has 198 valence electrons. The molecule has 0 fully saturated rings. The minimum absolute atomic E-state index is 0.246. The van der Waals surface area contributed by atoms with Gasteiger partial charge < -0.3 is 8.67 Å². The predicted molar refractivity (Wildman–Crippen MR) is 88.5 cm³/mol. The van der Waals surface area contributed by atoms with Gasteiger partial charge in [0.05, 0.1) is 21.1 Å². The molecule has 0 aliphatic carbocycles. The first kappa shape index (κ1) is 30.1. The summed E-state index contributed by atoms with van der Waals surface area (Å²) in [6.45, 7) is 0.246. The van der Waals surface area contributed by atoms with E-state index in [9.17, 15) is 65.5 Å². The quantitative estimate of drug-likeness (QED) is 0.239. The van der Waals surface area contributed by atoms with Gasteiger partial charge in [0.1, 0.15) is 12.3 Å². The van der Waals surface area contributed by atoms with Crippen molar-refractivity contribution < 1.29 is 74.2 Å². The van der Waals surface area contributed by atoms with Crippen LogP contribution in [0.4, 0.5) is 57.1 Å². The topological polar surface area (TPSA) is 43.4 Å². The highest BCUT2D eigenvalue weighted by molar-refractivity contribution is 7.88. The van der Waals surface area contributed by atoms with Gasteiger partial charge in [-0.15, -0.1) is 0 Å². The fourth-order valence-corrected chi connectivity index (χ4v) is 3.20. The first-order valence-electron chi connectivity index (χ1n) is 8.45. The Morgan fingerprint density at radius 2 is 1.06 bits per heavy atom. The normalized spacial score (nSPS) is 15.4. The molecule has 0 unspecified atom stereocenters. The van der Waals surface area contributed by atoms with Gasteiger partial charge in [0.25, 0.3) is 0 Å². The third kappa shape index (κ3) is 4.87. The Hall–Kier alpha value is -1.98. The molecule has 1 rings (SSSR count). The Balaban J connectivity index is 3.42. The van der Waals surface area contributed by atoms with E-state index >= 15 is 0 Å². The largest absolute Gasteiger partial charge is 0.460 e. The van der Waals surface area contributed by atoms with Crippen LogP contribution in [0.1, 0.15) is 5.56 Å². The zero-order valence-corrected chi connectivity index (χ0v) is 17.8. The van der Waals surface area contributed by atoms with Crippen molar-refractivity contribution >= 4 is 10.1 Å². The highest BCUT2D eigenvalue weighted by Crippen LogP contribution is 2.61. The summed E-state index contributed by atoms with van der Waals surface area (Å²) in [7, 11) is -2.30. The summed E-state index contributed by atoms with van der Waals surface area (Å²) in [5.74, 6) is -33.6. The molecule has 0 saturated carbocycles. The summed E-state index contributed by atoms with van der Waals surface area (Å²) >= 11 is 0. The fraction of sp³-hybridized carbons (Fsp3) is 0.625. The third-order valence-electron chi connectivity index (χ3n) is 4.00. The molecule has 0 spiro atoms. The number of rotatable bonds is 9. The second-order valence-corrected chi connectivity index (χ2v) is 9.53. The first-order valence-corrected chi connectivity index (χ1v) is 9.86. The Kier molecular flexibility index (Phi) is 7.34. The van der Waals surface area contributed by atoms with E-state index in [0.29, 0.717) is 17.7 Å². The van der Waals surface area contributed by atoms with Gasteiger partial charge in [-0.05, 0) is 24.3 Å². The maximum Gasteiger partial charge on any atom is 0.460 e. The number of benzene rings is 1. The van der Waals surface area contributed by atoms with Crippen LogP contribution in [0.25, 0.3) is 0 Å². The number of quaternary nitrogens is 1. The van der Waals surface area contributed by atoms with Gasteiger partial charge in [-0.2, -0.15) is 65.5 Å². The highest BCUT2D eigenvalue weighted by Gasteiger charge is 2.93. The van der Waals surface area contributed by atoms with E-state index in [2.05, 4.69) is 4.18 Å². The zero-order valence-electron chi connectivity index (χ0n) is 17.0. The van der Waals surface area contributed by atoms with Crippen molar-refractivity contribution in [2.45, 2.75) is 41.7 Å². The summed E-state index contributed by atoms with van der Waals surface area (Å²) in [4.78, 5) is 0. The summed E-state index contributed by atoms with van der Waals surface area (Å²) in [6.07, 6.45) is -7.60. The number of nitrogens with zero attached hydrogens (tertiary/aromatic N) is 1. The van der Waals surface area contributed by atoms with E-state index in [0.717, 1.165) is 12.1 Å². The number of hydrogen-bond donors (Lipinski definition) is 0. The van der Waals surface area contributed by atoms with Crippen LogP contribution >= 0.6 is 0 Å². The van der Waals surface area contributed by atoms with Gasteiger partial charge in [0.2, 0.25) is 0 Å². The molecule has 18 heteroatoms. The molecule has 0 radical (unpaired) electrons. The minimum atomic E-state index is -8.24. The lowest BCUT2D eigenvalue weighted by Gasteiger charge is -2.38. The number of alkyl halides is 13. The van der Waals surface area contributed by atoms with Crippen molar-refractivity contribution in [2.75, 3.05) is 21.1 Å².